The van der Waals surface area contributed by atoms with Crippen LogP contribution in [0.15, 0.2) is 21.3 Å². The first-order valence-electron chi connectivity index (χ1n) is 6.85. The number of carbonyl (C=O) groups is 1. The van der Waals surface area contributed by atoms with Crippen molar-refractivity contribution in [3.05, 3.63) is 40.0 Å². The number of furan rings is 1. The fourth-order valence-electron chi connectivity index (χ4n) is 2.28. The average molecular weight is 317 g/mol. The highest BCUT2D eigenvalue weighted by Gasteiger charge is 2.15. The molecule has 0 spiro atoms. The van der Waals surface area contributed by atoms with Gasteiger partial charge in [0.1, 0.15) is 29.3 Å². The number of aromatic nitrogens is 4. The van der Waals surface area contributed by atoms with Gasteiger partial charge < -0.3 is 19.9 Å². The molecule has 0 aliphatic rings. The lowest BCUT2D eigenvalue weighted by Gasteiger charge is -2.02. The number of nitrogens with zero attached hydrogens (tertiary/aromatic N) is 3. The minimum atomic E-state index is -0.397. The van der Waals surface area contributed by atoms with Gasteiger partial charge in [0.15, 0.2) is 11.5 Å². The molecule has 0 saturated heterocycles. The molecule has 0 unspecified atom stereocenters. The monoisotopic (exact) mass is 317 g/mol. The van der Waals surface area contributed by atoms with Gasteiger partial charge in [0, 0.05) is 0 Å². The Morgan fingerprint density at radius 1 is 1.39 bits per heavy atom. The summed E-state index contributed by atoms with van der Waals surface area (Å²) in [6, 6.07) is 3.36. The van der Waals surface area contributed by atoms with Crippen LogP contribution in [0.25, 0.3) is 11.2 Å². The van der Waals surface area contributed by atoms with Crippen LogP contribution >= 0.6 is 0 Å². The molecule has 0 aliphatic heterocycles. The summed E-state index contributed by atoms with van der Waals surface area (Å²) in [5.41, 5.74) is 6.23. The van der Waals surface area contributed by atoms with Crippen molar-refractivity contribution in [3.8, 4) is 0 Å². The van der Waals surface area contributed by atoms with E-state index >= 15 is 0 Å². The number of hydrogen-bond acceptors (Lipinski definition) is 7. The first kappa shape index (κ1) is 14.8. The number of nitrogens with one attached hydrogen (secondary N) is 1. The molecule has 3 N–H and O–H groups in total. The van der Waals surface area contributed by atoms with Crippen molar-refractivity contribution < 1.29 is 13.9 Å². The van der Waals surface area contributed by atoms with Crippen LogP contribution in [0.2, 0.25) is 0 Å². The lowest BCUT2D eigenvalue weighted by molar-refractivity contribution is -0.140. The molecule has 3 heterocycles. The number of fused-ring (bicyclic) bond motifs is 1. The van der Waals surface area contributed by atoms with E-state index < -0.39 is 5.97 Å². The van der Waals surface area contributed by atoms with Crippen molar-refractivity contribution in [1.29, 1.82) is 0 Å². The zero-order valence-corrected chi connectivity index (χ0v) is 12.6. The number of aryl methyl sites for hydroxylation is 1. The first-order valence-corrected chi connectivity index (χ1v) is 6.85. The van der Waals surface area contributed by atoms with E-state index in [9.17, 15) is 9.59 Å². The second-order valence-electron chi connectivity index (χ2n) is 4.99. The third-order valence-electron chi connectivity index (χ3n) is 3.34. The van der Waals surface area contributed by atoms with Crippen LogP contribution in [0.3, 0.4) is 0 Å². The van der Waals surface area contributed by atoms with E-state index in [-0.39, 0.29) is 24.5 Å². The zero-order chi connectivity index (χ0) is 16.6. The van der Waals surface area contributed by atoms with Crippen LogP contribution in [0.5, 0.6) is 0 Å². The van der Waals surface area contributed by atoms with Gasteiger partial charge in [-0.15, -0.1) is 0 Å². The maximum Gasteiger partial charge on any atom is 0.328 e. The summed E-state index contributed by atoms with van der Waals surface area (Å²) in [5.74, 6) is 1.26. The third-order valence-corrected chi connectivity index (χ3v) is 3.34. The standard InChI is InChI=1S/C14H15N5O4/c1-7-16-12(15)11-13(17-7)19(14(21)18-11)6-9-4-3-8(23-9)5-10(20)22-2/h3-4H,5-6H2,1-2H3,(H,18,21)(H2,15,16,17). The zero-order valence-electron chi connectivity index (χ0n) is 12.6. The third kappa shape index (κ3) is 2.80. The highest BCUT2D eigenvalue weighted by molar-refractivity contribution is 5.81. The molecule has 3 rings (SSSR count). The molecule has 0 amide bonds. The topological polar surface area (TPSA) is 129 Å². The summed E-state index contributed by atoms with van der Waals surface area (Å²) in [6.45, 7) is 1.86. The van der Waals surface area contributed by atoms with Gasteiger partial charge in [-0.05, 0) is 19.1 Å². The van der Waals surface area contributed by atoms with Crippen molar-refractivity contribution >= 4 is 23.0 Å². The molecule has 0 radical (unpaired) electrons. The number of esters is 1. The van der Waals surface area contributed by atoms with Crippen molar-refractivity contribution in [2.24, 2.45) is 0 Å². The molecule has 3 aromatic rings. The predicted molar refractivity (Wildman–Crippen MR) is 80.8 cm³/mol. The van der Waals surface area contributed by atoms with E-state index in [1.165, 1.54) is 11.7 Å². The van der Waals surface area contributed by atoms with Crippen LogP contribution in [0, 0.1) is 6.92 Å². The number of nitrogens with two attached hydrogens (primary N) is 1. The number of nitrogen functional groups attached to an aromatic ring is 1. The Kier molecular flexibility index (Phi) is 3.61. The minimum absolute atomic E-state index is 0.0352. The molecule has 0 fully saturated rings. The quantitative estimate of drug-likeness (QED) is 0.665. The van der Waals surface area contributed by atoms with Crippen molar-refractivity contribution in [2.45, 2.75) is 19.9 Å². The molecule has 9 nitrogen and oxygen atoms in total. The minimum Gasteiger partial charge on any atom is -0.469 e. The van der Waals surface area contributed by atoms with E-state index in [1.807, 2.05) is 0 Å². The van der Waals surface area contributed by atoms with Gasteiger partial charge >= 0.3 is 11.7 Å². The molecule has 120 valence electrons. The van der Waals surface area contributed by atoms with Crippen molar-refractivity contribution in [2.75, 3.05) is 12.8 Å². The second-order valence-corrected chi connectivity index (χ2v) is 4.99. The lowest BCUT2D eigenvalue weighted by Crippen LogP contribution is -2.17. The summed E-state index contributed by atoms with van der Waals surface area (Å²) < 4.78 is 11.5. The Bertz CT molecular complexity index is 936. The predicted octanol–water partition coefficient (Wildman–Crippen LogP) is 0.367. The maximum absolute atomic E-state index is 12.1. The van der Waals surface area contributed by atoms with Crippen molar-refractivity contribution in [1.82, 2.24) is 19.5 Å². The molecular formula is C14H15N5O4. The summed E-state index contributed by atoms with van der Waals surface area (Å²) in [6.07, 6.45) is 0.0352. The van der Waals surface area contributed by atoms with Gasteiger partial charge in [-0.2, -0.15) is 0 Å². The molecule has 0 atom stereocenters. The van der Waals surface area contributed by atoms with E-state index in [2.05, 4.69) is 19.7 Å². The number of hydrogen-bond donors (Lipinski definition) is 2. The number of H-pyrrole nitrogens is 1. The largest absolute Gasteiger partial charge is 0.469 e. The normalized spacial score (nSPS) is 11.0. The fourth-order valence-corrected chi connectivity index (χ4v) is 2.28. The van der Waals surface area contributed by atoms with Gasteiger partial charge in [0.2, 0.25) is 0 Å². The Balaban J connectivity index is 1.94. The lowest BCUT2D eigenvalue weighted by atomic mass is 10.3. The molecule has 0 bridgehead atoms. The summed E-state index contributed by atoms with van der Waals surface area (Å²) >= 11 is 0. The molecule has 23 heavy (non-hydrogen) atoms. The van der Waals surface area contributed by atoms with E-state index in [0.29, 0.717) is 28.5 Å². The second kappa shape index (κ2) is 5.59. The number of aromatic amines is 1. The number of imidazole rings is 1. The van der Waals surface area contributed by atoms with E-state index in [0.717, 1.165) is 0 Å². The van der Waals surface area contributed by atoms with Gasteiger partial charge in [-0.3, -0.25) is 9.36 Å². The van der Waals surface area contributed by atoms with Gasteiger partial charge in [0.05, 0.1) is 13.7 Å². The molecule has 0 aliphatic carbocycles. The molecule has 3 aromatic heterocycles. The Morgan fingerprint density at radius 2 is 2.13 bits per heavy atom. The van der Waals surface area contributed by atoms with Crippen LogP contribution < -0.4 is 11.4 Å². The Morgan fingerprint density at radius 3 is 2.87 bits per heavy atom. The first-order chi connectivity index (χ1) is 11.0. The van der Waals surface area contributed by atoms with Gasteiger partial charge in [-0.25, -0.2) is 14.8 Å². The highest BCUT2D eigenvalue weighted by Crippen LogP contribution is 2.16. The summed E-state index contributed by atoms with van der Waals surface area (Å²) in [4.78, 5) is 34.2. The van der Waals surface area contributed by atoms with Crippen LogP contribution in [-0.2, 0) is 22.5 Å². The van der Waals surface area contributed by atoms with Crippen LogP contribution in [0.4, 0.5) is 5.82 Å². The van der Waals surface area contributed by atoms with E-state index in [1.54, 1.807) is 19.1 Å². The molecule has 0 aromatic carbocycles. The average Bonchev–Trinajstić information content (AvgIpc) is 3.06. The van der Waals surface area contributed by atoms with Crippen LogP contribution in [-0.4, -0.2) is 32.6 Å². The van der Waals surface area contributed by atoms with Gasteiger partial charge in [0.25, 0.3) is 0 Å². The highest BCUT2D eigenvalue weighted by atomic mass is 16.5. The maximum atomic E-state index is 12.1. The number of anilines is 1. The van der Waals surface area contributed by atoms with E-state index in [4.69, 9.17) is 10.2 Å². The molecule has 9 heteroatoms. The smallest absolute Gasteiger partial charge is 0.328 e. The van der Waals surface area contributed by atoms with Crippen LogP contribution in [0.1, 0.15) is 17.3 Å². The number of rotatable bonds is 4. The Hall–Kier alpha value is -3.10. The number of ether oxygens (including phenoxy) is 1. The number of methoxy groups -OCH3 is 1. The van der Waals surface area contributed by atoms with Gasteiger partial charge in [-0.1, -0.05) is 0 Å². The summed E-state index contributed by atoms with van der Waals surface area (Å²) in [7, 11) is 1.31. The SMILES string of the molecule is COC(=O)Cc1ccc(Cn2c(=O)[nH]c3c(N)nc(C)nc32)o1. The molecular weight excluding hydrogens is 302 g/mol. The number of carbonyl (C=O) groups excluding carboxylic acids is 1. The summed E-state index contributed by atoms with van der Waals surface area (Å²) in [5, 5.41) is 0. The molecule has 0 saturated carbocycles. The Labute approximate surface area is 130 Å². The van der Waals surface area contributed by atoms with Crippen molar-refractivity contribution in [3.63, 3.8) is 0 Å². The fraction of sp³-hybridized carbons (Fsp3) is 0.286.